The first-order valence-electron chi connectivity index (χ1n) is 10.3. The number of nitrogens with zero attached hydrogens (tertiary/aromatic N) is 4. The highest BCUT2D eigenvalue weighted by Crippen LogP contribution is 2.28. The lowest BCUT2D eigenvalue weighted by molar-refractivity contribution is -0.127. The van der Waals surface area contributed by atoms with Crippen molar-refractivity contribution in [3.05, 3.63) is 95.5 Å². The van der Waals surface area contributed by atoms with E-state index < -0.39 is 0 Å². The second kappa shape index (κ2) is 7.75. The molecule has 1 fully saturated rings. The lowest BCUT2D eigenvalue weighted by Crippen LogP contribution is -2.37. The van der Waals surface area contributed by atoms with Crippen molar-refractivity contribution in [3.63, 3.8) is 0 Å². The van der Waals surface area contributed by atoms with E-state index in [-0.39, 0.29) is 17.7 Å². The van der Waals surface area contributed by atoms with E-state index in [0.29, 0.717) is 19.4 Å². The number of nitrogens with one attached hydrogen (secondary N) is 1. The van der Waals surface area contributed by atoms with Crippen LogP contribution in [0.15, 0.2) is 83.5 Å². The summed E-state index contributed by atoms with van der Waals surface area (Å²) in [6, 6.07) is 16.7. The molecule has 1 atom stereocenters. The van der Waals surface area contributed by atoms with Gasteiger partial charge in [0.25, 0.3) is 5.91 Å². The number of aliphatic imine (C=N–C) groups is 1. The SMILES string of the molecule is Cn1ccnc1CC1NC2=C(Cc3ccccc3)N=C(c3ccc(O)cc3)CN2C1=O. The Morgan fingerprint density at radius 2 is 1.90 bits per heavy atom. The molecule has 1 unspecified atom stereocenters. The van der Waals surface area contributed by atoms with Crippen LogP contribution in [0.5, 0.6) is 5.75 Å². The number of rotatable bonds is 5. The van der Waals surface area contributed by atoms with Crippen LogP contribution in [0.4, 0.5) is 0 Å². The number of imidazole rings is 1. The molecule has 1 aromatic heterocycles. The quantitative estimate of drug-likeness (QED) is 0.673. The van der Waals surface area contributed by atoms with Crippen LogP contribution in [0.3, 0.4) is 0 Å². The lowest BCUT2D eigenvalue weighted by Gasteiger charge is -2.25. The summed E-state index contributed by atoms with van der Waals surface area (Å²) in [4.78, 5) is 24.4. The Morgan fingerprint density at radius 1 is 1.13 bits per heavy atom. The Labute approximate surface area is 180 Å². The topological polar surface area (TPSA) is 82.8 Å². The van der Waals surface area contributed by atoms with Gasteiger partial charge in [0, 0.05) is 32.3 Å². The second-order valence-electron chi connectivity index (χ2n) is 7.84. The monoisotopic (exact) mass is 413 g/mol. The van der Waals surface area contributed by atoms with E-state index in [9.17, 15) is 9.90 Å². The summed E-state index contributed by atoms with van der Waals surface area (Å²) in [6.45, 7) is 0.390. The van der Waals surface area contributed by atoms with Gasteiger partial charge in [-0.2, -0.15) is 0 Å². The number of carbonyl (C=O) groups excluding carboxylic acids is 1. The summed E-state index contributed by atoms with van der Waals surface area (Å²) in [5.74, 6) is 1.86. The molecule has 2 aromatic carbocycles. The smallest absolute Gasteiger partial charge is 0.251 e. The number of hydrogen-bond acceptors (Lipinski definition) is 5. The van der Waals surface area contributed by atoms with Crippen molar-refractivity contribution >= 4 is 11.6 Å². The van der Waals surface area contributed by atoms with Crippen LogP contribution >= 0.6 is 0 Å². The van der Waals surface area contributed by atoms with E-state index in [1.807, 2.05) is 48.1 Å². The van der Waals surface area contributed by atoms with Gasteiger partial charge in [0.05, 0.1) is 18.0 Å². The van der Waals surface area contributed by atoms with Crippen molar-refractivity contribution in [2.45, 2.75) is 18.9 Å². The second-order valence-corrected chi connectivity index (χ2v) is 7.84. The van der Waals surface area contributed by atoms with Crippen LogP contribution in [0.2, 0.25) is 0 Å². The molecule has 1 saturated heterocycles. The largest absolute Gasteiger partial charge is 0.508 e. The molecule has 2 aliphatic rings. The standard InChI is InChI=1S/C24H23N5O2/c1-28-12-11-25-22(28)14-20-24(31)29-15-21(17-7-9-18(30)10-8-17)26-19(23(29)27-20)13-16-5-3-2-4-6-16/h2-12,20,27,30H,13-15H2,1H3. The zero-order valence-electron chi connectivity index (χ0n) is 17.2. The van der Waals surface area contributed by atoms with Crippen molar-refractivity contribution in [3.8, 4) is 5.75 Å². The number of allylic oxidation sites excluding steroid dienone is 1. The van der Waals surface area contributed by atoms with Crippen LogP contribution in [-0.2, 0) is 24.7 Å². The van der Waals surface area contributed by atoms with E-state index in [1.165, 1.54) is 0 Å². The Hall–Kier alpha value is -3.87. The van der Waals surface area contributed by atoms with Gasteiger partial charge >= 0.3 is 0 Å². The molecule has 3 heterocycles. The van der Waals surface area contributed by atoms with Crippen LogP contribution in [0.25, 0.3) is 0 Å². The number of aromatic nitrogens is 2. The van der Waals surface area contributed by atoms with Crippen molar-refractivity contribution < 1.29 is 9.90 Å². The molecule has 3 aromatic rings. The van der Waals surface area contributed by atoms with Crippen molar-refractivity contribution in [1.29, 1.82) is 0 Å². The minimum absolute atomic E-state index is 0.0229. The number of phenolic OH excluding ortho intramolecular Hbond substituents is 1. The van der Waals surface area contributed by atoms with Gasteiger partial charge < -0.3 is 15.0 Å². The molecule has 31 heavy (non-hydrogen) atoms. The number of fused-ring (bicyclic) bond motifs is 1. The molecule has 2 aliphatic heterocycles. The average molecular weight is 413 g/mol. The molecule has 5 rings (SSSR count). The molecule has 0 aliphatic carbocycles. The molecule has 0 spiro atoms. The Morgan fingerprint density at radius 3 is 2.61 bits per heavy atom. The molecule has 1 amide bonds. The maximum atomic E-state index is 13.3. The molecule has 0 saturated carbocycles. The Balaban J connectivity index is 1.50. The molecular weight excluding hydrogens is 390 g/mol. The number of hydrogen-bond donors (Lipinski definition) is 2. The predicted molar refractivity (Wildman–Crippen MR) is 117 cm³/mol. The molecule has 156 valence electrons. The molecule has 7 nitrogen and oxygen atoms in total. The molecule has 7 heteroatoms. The maximum Gasteiger partial charge on any atom is 0.251 e. The minimum Gasteiger partial charge on any atom is -0.508 e. The van der Waals surface area contributed by atoms with E-state index in [0.717, 1.165) is 34.2 Å². The van der Waals surface area contributed by atoms with E-state index >= 15 is 0 Å². The third kappa shape index (κ3) is 3.70. The van der Waals surface area contributed by atoms with Crippen molar-refractivity contribution in [2.24, 2.45) is 12.0 Å². The van der Waals surface area contributed by atoms with Gasteiger partial charge in [0.2, 0.25) is 0 Å². The first-order chi connectivity index (χ1) is 15.1. The predicted octanol–water partition coefficient (Wildman–Crippen LogP) is 2.38. The number of benzene rings is 2. The zero-order valence-corrected chi connectivity index (χ0v) is 17.2. The number of aryl methyl sites for hydroxylation is 1. The van der Waals surface area contributed by atoms with Gasteiger partial charge in [0.1, 0.15) is 23.4 Å². The minimum atomic E-state index is -0.378. The van der Waals surface area contributed by atoms with Gasteiger partial charge in [-0.25, -0.2) is 4.98 Å². The van der Waals surface area contributed by atoms with E-state index in [2.05, 4.69) is 22.4 Å². The zero-order chi connectivity index (χ0) is 21.4. The first-order valence-corrected chi connectivity index (χ1v) is 10.3. The van der Waals surface area contributed by atoms with Crippen LogP contribution < -0.4 is 5.32 Å². The first kappa shape index (κ1) is 19.1. The number of aromatic hydroxyl groups is 1. The summed E-state index contributed by atoms with van der Waals surface area (Å²) >= 11 is 0. The summed E-state index contributed by atoms with van der Waals surface area (Å²) in [5.41, 5.74) is 3.66. The molecule has 0 bridgehead atoms. The van der Waals surface area contributed by atoms with E-state index in [4.69, 9.17) is 4.99 Å². The van der Waals surface area contributed by atoms with Gasteiger partial charge in [-0.05, 0) is 35.4 Å². The van der Waals surface area contributed by atoms with Crippen LogP contribution in [0.1, 0.15) is 17.0 Å². The Bertz CT molecular complexity index is 1180. The normalized spacial score (nSPS) is 18.1. The summed E-state index contributed by atoms with van der Waals surface area (Å²) in [6.07, 6.45) is 4.75. The summed E-state index contributed by atoms with van der Waals surface area (Å²) < 4.78 is 1.93. The average Bonchev–Trinajstić information content (AvgIpc) is 3.33. The number of amides is 1. The van der Waals surface area contributed by atoms with Crippen molar-refractivity contribution in [1.82, 2.24) is 19.8 Å². The highest BCUT2D eigenvalue weighted by atomic mass is 16.3. The third-order valence-electron chi connectivity index (χ3n) is 5.72. The van der Waals surface area contributed by atoms with Gasteiger partial charge in [-0.1, -0.05) is 30.3 Å². The molecular formula is C24H23N5O2. The van der Waals surface area contributed by atoms with Crippen LogP contribution in [-0.4, -0.2) is 43.8 Å². The van der Waals surface area contributed by atoms with Gasteiger partial charge in [0.15, 0.2) is 0 Å². The highest BCUT2D eigenvalue weighted by molar-refractivity contribution is 6.06. The summed E-state index contributed by atoms with van der Waals surface area (Å²) in [5, 5.41) is 13.1. The van der Waals surface area contributed by atoms with Crippen LogP contribution in [0, 0.1) is 0 Å². The fraction of sp³-hybridized carbons (Fsp3) is 0.208. The van der Waals surface area contributed by atoms with Gasteiger partial charge in [-0.3, -0.25) is 14.7 Å². The number of carbonyl (C=O) groups is 1. The van der Waals surface area contributed by atoms with E-state index in [1.54, 1.807) is 23.2 Å². The highest BCUT2D eigenvalue weighted by Gasteiger charge is 2.40. The fourth-order valence-electron chi connectivity index (χ4n) is 4.04. The van der Waals surface area contributed by atoms with Gasteiger partial charge in [-0.15, -0.1) is 0 Å². The molecule has 0 radical (unpaired) electrons. The Kier molecular flexibility index (Phi) is 4.78. The maximum absolute atomic E-state index is 13.3. The lowest BCUT2D eigenvalue weighted by atomic mass is 10.1. The summed E-state index contributed by atoms with van der Waals surface area (Å²) in [7, 11) is 1.93. The van der Waals surface area contributed by atoms with Crippen molar-refractivity contribution in [2.75, 3.05) is 6.54 Å². The molecule has 2 N–H and O–H groups in total. The third-order valence-corrected chi connectivity index (χ3v) is 5.72. The fourth-order valence-corrected chi connectivity index (χ4v) is 4.04. The number of phenols is 1.